The van der Waals surface area contributed by atoms with Crippen LogP contribution in [0.5, 0.6) is 0 Å². The minimum atomic E-state index is 1.01. The first kappa shape index (κ1) is 28.3. The van der Waals surface area contributed by atoms with Gasteiger partial charge < -0.3 is 13.7 Å². The fourth-order valence-corrected chi connectivity index (χ4v) is 8.74. The van der Waals surface area contributed by atoms with Crippen LogP contribution in [0.25, 0.3) is 88.8 Å². The molecule has 7 aromatic carbocycles. The maximum absolute atomic E-state index is 2.54. The Balaban J connectivity index is 1.16. The monoisotopic (exact) mass is 651 g/mol. The number of fused-ring (bicyclic) bond motifs is 9. The number of para-hydroxylation sites is 5. The average Bonchev–Trinajstić information content (AvgIpc) is 3.83. The van der Waals surface area contributed by atoms with Crippen LogP contribution in [0.3, 0.4) is 0 Å². The Bertz CT molecular complexity index is 2970. The normalized spacial score (nSPS) is 12.9. The van der Waals surface area contributed by atoms with E-state index in [1.165, 1.54) is 94.0 Å². The van der Waals surface area contributed by atoms with Gasteiger partial charge in [-0.05, 0) is 79.1 Å². The lowest BCUT2D eigenvalue weighted by atomic mass is 10.0. The number of aromatic nitrogens is 3. The van der Waals surface area contributed by atoms with Gasteiger partial charge in [-0.2, -0.15) is 0 Å². The molecule has 0 atom stereocenters. The van der Waals surface area contributed by atoms with Crippen molar-refractivity contribution in [3.05, 3.63) is 181 Å². The van der Waals surface area contributed by atoms with Crippen molar-refractivity contribution in [2.45, 2.75) is 12.8 Å². The Morgan fingerprint density at radius 1 is 0.392 bits per heavy atom. The van der Waals surface area contributed by atoms with E-state index < -0.39 is 0 Å². The van der Waals surface area contributed by atoms with Crippen molar-refractivity contribution >= 4 is 60.6 Å². The van der Waals surface area contributed by atoms with Crippen LogP contribution < -0.4 is 0 Å². The second-order valence-corrected chi connectivity index (χ2v) is 13.6. The van der Waals surface area contributed by atoms with Gasteiger partial charge in [0.2, 0.25) is 0 Å². The number of benzene rings is 7. The lowest BCUT2D eigenvalue weighted by Gasteiger charge is -2.17. The van der Waals surface area contributed by atoms with Gasteiger partial charge in [0.05, 0.1) is 33.3 Å². The first-order valence-electron chi connectivity index (χ1n) is 17.8. The van der Waals surface area contributed by atoms with E-state index in [1.807, 2.05) is 0 Å². The predicted octanol–water partition coefficient (Wildman–Crippen LogP) is 12.5. The summed E-state index contributed by atoms with van der Waals surface area (Å²) in [5, 5.41) is 6.39. The summed E-state index contributed by atoms with van der Waals surface area (Å²) in [5.41, 5.74) is 14.8. The number of rotatable bonds is 4. The highest BCUT2D eigenvalue weighted by atomic mass is 15.0. The van der Waals surface area contributed by atoms with Crippen LogP contribution in [-0.2, 0) is 6.42 Å². The van der Waals surface area contributed by atoms with Gasteiger partial charge in [-0.1, -0.05) is 115 Å². The van der Waals surface area contributed by atoms with Gasteiger partial charge in [0.1, 0.15) is 0 Å². The molecular weight excluding hydrogens is 619 g/mol. The molecule has 3 heteroatoms. The average molecular weight is 652 g/mol. The van der Waals surface area contributed by atoms with Crippen LogP contribution in [0.2, 0.25) is 0 Å². The quantitative estimate of drug-likeness (QED) is 0.180. The molecule has 3 nitrogen and oxygen atoms in total. The summed E-state index contributed by atoms with van der Waals surface area (Å²) < 4.78 is 7.39. The second-order valence-electron chi connectivity index (χ2n) is 13.6. The van der Waals surface area contributed by atoms with E-state index >= 15 is 0 Å². The van der Waals surface area contributed by atoms with E-state index in [-0.39, 0.29) is 0 Å². The summed E-state index contributed by atoms with van der Waals surface area (Å²) in [7, 11) is 0. The van der Waals surface area contributed by atoms with Gasteiger partial charge in [0.15, 0.2) is 0 Å². The van der Waals surface area contributed by atoms with Crippen molar-refractivity contribution in [1.82, 2.24) is 13.7 Å². The highest BCUT2D eigenvalue weighted by Crippen LogP contribution is 2.42. The molecule has 0 N–H and O–H groups in total. The molecule has 1 aliphatic rings. The van der Waals surface area contributed by atoms with Crippen LogP contribution in [0.1, 0.15) is 17.7 Å². The molecule has 11 rings (SSSR count). The molecule has 10 aromatic rings. The largest absolute Gasteiger partial charge is 0.313 e. The first-order chi connectivity index (χ1) is 25.3. The third-order valence-electron chi connectivity index (χ3n) is 10.9. The molecule has 0 amide bonds. The molecule has 0 radical (unpaired) electrons. The molecule has 0 saturated heterocycles. The molecule has 3 aromatic heterocycles. The maximum Gasteiger partial charge on any atom is 0.0548 e. The summed E-state index contributed by atoms with van der Waals surface area (Å²) in [4.78, 5) is 0. The molecule has 3 heterocycles. The van der Waals surface area contributed by atoms with Gasteiger partial charge in [-0.3, -0.25) is 0 Å². The van der Waals surface area contributed by atoms with E-state index in [0.29, 0.717) is 0 Å². The van der Waals surface area contributed by atoms with Crippen molar-refractivity contribution in [3.63, 3.8) is 0 Å². The third-order valence-corrected chi connectivity index (χ3v) is 10.9. The van der Waals surface area contributed by atoms with E-state index in [2.05, 4.69) is 190 Å². The Hall–Kier alpha value is -6.58. The topological polar surface area (TPSA) is 14.8 Å². The SMILES string of the molecule is C1=Cc2c(n(-c3cccc(-c4ccccc4-n4c5ccccc5c5ccccc54)c3)c3cc4c5ccccc5n(-c5ccccc5)c4cc23)CC1. The van der Waals surface area contributed by atoms with Crippen molar-refractivity contribution in [1.29, 1.82) is 0 Å². The molecular formula is C48H33N3. The van der Waals surface area contributed by atoms with Gasteiger partial charge in [0, 0.05) is 55.1 Å². The first-order valence-corrected chi connectivity index (χ1v) is 17.8. The Labute approximate surface area is 295 Å². The zero-order valence-corrected chi connectivity index (χ0v) is 28.0. The zero-order chi connectivity index (χ0) is 33.5. The smallest absolute Gasteiger partial charge is 0.0548 e. The lowest BCUT2D eigenvalue weighted by Crippen LogP contribution is -2.03. The minimum Gasteiger partial charge on any atom is -0.313 e. The van der Waals surface area contributed by atoms with Crippen LogP contribution in [0, 0.1) is 0 Å². The van der Waals surface area contributed by atoms with E-state index in [0.717, 1.165) is 12.8 Å². The molecule has 0 fully saturated rings. The Morgan fingerprint density at radius 3 is 1.75 bits per heavy atom. The molecule has 0 bridgehead atoms. The summed E-state index contributed by atoms with van der Waals surface area (Å²) >= 11 is 0. The van der Waals surface area contributed by atoms with E-state index in [1.54, 1.807) is 0 Å². The third kappa shape index (κ3) is 4.12. The van der Waals surface area contributed by atoms with Crippen LogP contribution in [0.4, 0.5) is 0 Å². The summed E-state index contributed by atoms with van der Waals surface area (Å²) in [5.74, 6) is 0. The van der Waals surface area contributed by atoms with Gasteiger partial charge >= 0.3 is 0 Å². The molecule has 1 aliphatic carbocycles. The molecule has 0 spiro atoms. The van der Waals surface area contributed by atoms with Crippen molar-refractivity contribution < 1.29 is 0 Å². The molecule has 240 valence electrons. The van der Waals surface area contributed by atoms with Gasteiger partial charge in [-0.15, -0.1) is 0 Å². The van der Waals surface area contributed by atoms with Crippen LogP contribution in [-0.4, -0.2) is 13.7 Å². The Kier molecular flexibility index (Phi) is 6.08. The fourth-order valence-electron chi connectivity index (χ4n) is 8.74. The number of allylic oxidation sites excluding steroid dienone is 1. The predicted molar refractivity (Wildman–Crippen MR) is 215 cm³/mol. The second kappa shape index (κ2) is 11.0. The molecule has 0 unspecified atom stereocenters. The maximum atomic E-state index is 2.54. The van der Waals surface area contributed by atoms with Crippen molar-refractivity contribution in [2.24, 2.45) is 0 Å². The molecule has 51 heavy (non-hydrogen) atoms. The summed E-state index contributed by atoms with van der Waals surface area (Å²) in [6.07, 6.45) is 6.73. The standard InChI is InChI=1S/C48H33N3/c1-2-16-33(17-3-1)49-43-25-10-7-22-38(43)40-31-48-41(30-47(40)49)39-23-8-11-26-44(39)50(48)34-18-14-15-32(29-34)35-19-4-9-24-42(35)51-45-27-12-5-20-36(45)37-21-6-13-28-46(37)51/h1-10,12-25,27-31H,11,26H2. The summed E-state index contributed by atoms with van der Waals surface area (Å²) in [6, 6.07) is 60.0. The number of hydrogen-bond acceptors (Lipinski definition) is 0. The van der Waals surface area contributed by atoms with Crippen LogP contribution in [0.15, 0.2) is 170 Å². The fraction of sp³-hybridized carbons (Fsp3) is 0.0417. The van der Waals surface area contributed by atoms with Crippen molar-refractivity contribution in [3.8, 4) is 28.2 Å². The zero-order valence-electron chi connectivity index (χ0n) is 28.0. The molecule has 0 aliphatic heterocycles. The minimum absolute atomic E-state index is 1.01. The van der Waals surface area contributed by atoms with Gasteiger partial charge in [-0.25, -0.2) is 0 Å². The summed E-state index contributed by atoms with van der Waals surface area (Å²) in [6.45, 7) is 0. The number of nitrogens with zero attached hydrogens (tertiary/aromatic N) is 3. The van der Waals surface area contributed by atoms with Gasteiger partial charge in [0.25, 0.3) is 0 Å². The van der Waals surface area contributed by atoms with E-state index in [9.17, 15) is 0 Å². The van der Waals surface area contributed by atoms with E-state index in [4.69, 9.17) is 0 Å². The van der Waals surface area contributed by atoms with Crippen molar-refractivity contribution in [2.75, 3.05) is 0 Å². The van der Waals surface area contributed by atoms with Crippen LogP contribution >= 0.6 is 0 Å². The Morgan fingerprint density at radius 2 is 0.980 bits per heavy atom. The lowest BCUT2D eigenvalue weighted by molar-refractivity contribution is 0.889. The highest BCUT2D eigenvalue weighted by Gasteiger charge is 2.23. The number of hydrogen-bond donors (Lipinski definition) is 0. The highest BCUT2D eigenvalue weighted by molar-refractivity contribution is 6.15. The molecule has 0 saturated carbocycles.